The van der Waals surface area contributed by atoms with E-state index in [-0.39, 0.29) is 0 Å². The Kier molecular flexibility index (Phi) is 3.32. The first-order valence-electron chi connectivity index (χ1n) is 6.33. The Morgan fingerprint density at radius 1 is 0.684 bits per heavy atom. The molecule has 0 amide bonds. The standard InChI is InChI=1S/C17H14N2/c1-2-7-14(8-3-1)17-11-6-10-16(19-17)13-15-9-4-5-12-18-15/h1-12H,13H2. The molecule has 0 atom stereocenters. The summed E-state index contributed by atoms with van der Waals surface area (Å²) in [6.07, 6.45) is 2.58. The summed E-state index contributed by atoms with van der Waals surface area (Å²) in [5, 5.41) is 0. The van der Waals surface area contributed by atoms with Crippen molar-refractivity contribution >= 4 is 0 Å². The molecule has 2 nitrogen and oxygen atoms in total. The van der Waals surface area contributed by atoms with Gasteiger partial charge in [-0.05, 0) is 24.3 Å². The van der Waals surface area contributed by atoms with Crippen LogP contribution in [0.25, 0.3) is 11.3 Å². The molecule has 0 radical (unpaired) electrons. The van der Waals surface area contributed by atoms with Crippen LogP contribution in [-0.2, 0) is 6.42 Å². The number of hydrogen-bond donors (Lipinski definition) is 0. The molecule has 0 saturated heterocycles. The molecule has 92 valence electrons. The lowest BCUT2D eigenvalue weighted by molar-refractivity contribution is 1.01. The molecule has 0 aliphatic rings. The fraction of sp³-hybridized carbons (Fsp3) is 0.0588. The third-order valence-corrected chi connectivity index (χ3v) is 2.96. The number of rotatable bonds is 3. The van der Waals surface area contributed by atoms with Gasteiger partial charge in [-0.3, -0.25) is 9.97 Å². The van der Waals surface area contributed by atoms with Gasteiger partial charge in [0.25, 0.3) is 0 Å². The molecule has 0 bridgehead atoms. The first-order valence-corrected chi connectivity index (χ1v) is 6.33. The first kappa shape index (κ1) is 11.6. The van der Waals surface area contributed by atoms with E-state index in [1.165, 1.54) is 0 Å². The predicted molar refractivity (Wildman–Crippen MR) is 76.7 cm³/mol. The maximum absolute atomic E-state index is 4.70. The topological polar surface area (TPSA) is 25.8 Å². The molecular formula is C17H14N2. The monoisotopic (exact) mass is 246 g/mol. The number of hydrogen-bond acceptors (Lipinski definition) is 2. The lowest BCUT2D eigenvalue weighted by Gasteiger charge is -2.04. The van der Waals surface area contributed by atoms with Gasteiger partial charge in [0.1, 0.15) is 0 Å². The van der Waals surface area contributed by atoms with Crippen LogP contribution in [0.4, 0.5) is 0 Å². The zero-order valence-corrected chi connectivity index (χ0v) is 10.5. The van der Waals surface area contributed by atoms with E-state index in [1.54, 1.807) is 0 Å². The van der Waals surface area contributed by atoms with Gasteiger partial charge in [-0.15, -0.1) is 0 Å². The van der Waals surface area contributed by atoms with Crippen LogP contribution in [0.2, 0.25) is 0 Å². The third kappa shape index (κ3) is 2.86. The number of benzene rings is 1. The highest BCUT2D eigenvalue weighted by Gasteiger charge is 2.02. The summed E-state index contributed by atoms with van der Waals surface area (Å²) in [4.78, 5) is 9.03. The second kappa shape index (κ2) is 5.44. The van der Waals surface area contributed by atoms with E-state index in [9.17, 15) is 0 Å². The van der Waals surface area contributed by atoms with Crippen molar-refractivity contribution in [3.05, 3.63) is 84.3 Å². The van der Waals surface area contributed by atoms with Gasteiger partial charge in [0, 0.05) is 29.6 Å². The van der Waals surface area contributed by atoms with Gasteiger partial charge in [0.15, 0.2) is 0 Å². The fourth-order valence-corrected chi connectivity index (χ4v) is 2.04. The minimum Gasteiger partial charge on any atom is -0.261 e. The van der Waals surface area contributed by atoms with Crippen LogP contribution in [0.3, 0.4) is 0 Å². The molecule has 3 aromatic rings. The van der Waals surface area contributed by atoms with Gasteiger partial charge in [0.05, 0.1) is 5.69 Å². The van der Waals surface area contributed by atoms with Gasteiger partial charge in [-0.25, -0.2) is 0 Å². The molecule has 19 heavy (non-hydrogen) atoms. The molecule has 0 aliphatic carbocycles. The highest BCUT2D eigenvalue weighted by atomic mass is 14.7. The van der Waals surface area contributed by atoms with Crippen LogP contribution in [0, 0.1) is 0 Å². The first-order chi connectivity index (χ1) is 9.42. The average molecular weight is 246 g/mol. The fourth-order valence-electron chi connectivity index (χ4n) is 2.04. The molecule has 2 heteroatoms. The van der Waals surface area contributed by atoms with Crippen LogP contribution in [0.15, 0.2) is 72.9 Å². The highest BCUT2D eigenvalue weighted by molar-refractivity contribution is 5.58. The van der Waals surface area contributed by atoms with Crippen molar-refractivity contribution in [3.63, 3.8) is 0 Å². The average Bonchev–Trinajstić information content (AvgIpc) is 2.49. The summed E-state index contributed by atoms with van der Waals surface area (Å²) >= 11 is 0. The Morgan fingerprint density at radius 3 is 2.26 bits per heavy atom. The predicted octanol–water partition coefficient (Wildman–Crippen LogP) is 3.73. The Hall–Kier alpha value is -2.48. The second-order valence-corrected chi connectivity index (χ2v) is 4.38. The maximum Gasteiger partial charge on any atom is 0.0705 e. The molecule has 2 heterocycles. The molecular weight excluding hydrogens is 232 g/mol. The van der Waals surface area contributed by atoms with Crippen molar-refractivity contribution < 1.29 is 0 Å². The SMILES string of the molecule is c1ccc(-c2cccc(Cc3ccccn3)n2)cc1. The van der Waals surface area contributed by atoms with E-state index in [0.29, 0.717) is 0 Å². The summed E-state index contributed by atoms with van der Waals surface area (Å²) in [5.41, 5.74) is 4.24. The van der Waals surface area contributed by atoms with Gasteiger partial charge in [-0.1, -0.05) is 42.5 Å². The van der Waals surface area contributed by atoms with Crippen molar-refractivity contribution in [2.75, 3.05) is 0 Å². The maximum atomic E-state index is 4.70. The Balaban J connectivity index is 1.89. The second-order valence-electron chi connectivity index (χ2n) is 4.38. The number of nitrogens with zero attached hydrogens (tertiary/aromatic N) is 2. The summed E-state index contributed by atoms with van der Waals surface area (Å²) in [5.74, 6) is 0. The number of pyridine rings is 2. The third-order valence-electron chi connectivity index (χ3n) is 2.96. The minimum absolute atomic E-state index is 0.765. The highest BCUT2D eigenvalue weighted by Crippen LogP contribution is 2.17. The van der Waals surface area contributed by atoms with Crippen LogP contribution < -0.4 is 0 Å². The van der Waals surface area contributed by atoms with E-state index < -0.39 is 0 Å². The summed E-state index contributed by atoms with van der Waals surface area (Å²) in [6.45, 7) is 0. The zero-order valence-electron chi connectivity index (χ0n) is 10.5. The summed E-state index contributed by atoms with van der Waals surface area (Å²) in [7, 11) is 0. The lowest BCUT2D eigenvalue weighted by atomic mass is 10.1. The Bertz CT molecular complexity index is 648. The van der Waals surface area contributed by atoms with E-state index in [1.807, 2.05) is 60.8 Å². The van der Waals surface area contributed by atoms with E-state index in [0.717, 1.165) is 29.1 Å². The van der Waals surface area contributed by atoms with Gasteiger partial charge in [0.2, 0.25) is 0 Å². The van der Waals surface area contributed by atoms with Crippen molar-refractivity contribution in [2.24, 2.45) is 0 Å². The summed E-state index contributed by atoms with van der Waals surface area (Å²) in [6, 6.07) is 22.3. The molecule has 0 aliphatic heterocycles. The minimum atomic E-state index is 0.765. The zero-order chi connectivity index (χ0) is 12.9. The van der Waals surface area contributed by atoms with Crippen LogP contribution in [0.1, 0.15) is 11.4 Å². The van der Waals surface area contributed by atoms with Crippen LogP contribution in [-0.4, -0.2) is 9.97 Å². The lowest BCUT2D eigenvalue weighted by Crippen LogP contribution is -1.95. The number of aromatic nitrogens is 2. The van der Waals surface area contributed by atoms with Crippen molar-refractivity contribution in [1.82, 2.24) is 9.97 Å². The molecule has 0 N–H and O–H groups in total. The molecule has 2 aromatic heterocycles. The van der Waals surface area contributed by atoms with E-state index in [4.69, 9.17) is 4.98 Å². The van der Waals surface area contributed by atoms with E-state index >= 15 is 0 Å². The van der Waals surface area contributed by atoms with Gasteiger partial charge in [-0.2, -0.15) is 0 Å². The summed E-state index contributed by atoms with van der Waals surface area (Å²) < 4.78 is 0. The van der Waals surface area contributed by atoms with Crippen molar-refractivity contribution in [3.8, 4) is 11.3 Å². The Morgan fingerprint density at radius 2 is 1.47 bits per heavy atom. The normalized spacial score (nSPS) is 10.3. The largest absolute Gasteiger partial charge is 0.261 e. The van der Waals surface area contributed by atoms with Gasteiger partial charge < -0.3 is 0 Å². The van der Waals surface area contributed by atoms with Crippen molar-refractivity contribution in [1.29, 1.82) is 0 Å². The molecule has 0 fully saturated rings. The van der Waals surface area contributed by atoms with Crippen LogP contribution in [0.5, 0.6) is 0 Å². The molecule has 0 unspecified atom stereocenters. The Labute approximate surface area is 112 Å². The molecule has 0 spiro atoms. The van der Waals surface area contributed by atoms with E-state index in [2.05, 4.69) is 17.1 Å². The van der Waals surface area contributed by atoms with Gasteiger partial charge >= 0.3 is 0 Å². The van der Waals surface area contributed by atoms with Crippen LogP contribution >= 0.6 is 0 Å². The van der Waals surface area contributed by atoms with Crippen molar-refractivity contribution in [2.45, 2.75) is 6.42 Å². The molecule has 3 rings (SSSR count). The smallest absolute Gasteiger partial charge is 0.0705 e. The molecule has 1 aromatic carbocycles. The quantitative estimate of drug-likeness (QED) is 0.703. The molecule has 0 saturated carbocycles.